The highest BCUT2D eigenvalue weighted by Gasteiger charge is 2.32. The molecule has 2 heterocycles. The molecule has 17 heavy (non-hydrogen) atoms. The van der Waals surface area contributed by atoms with Crippen molar-refractivity contribution in [2.24, 2.45) is 5.92 Å². The lowest BCUT2D eigenvalue weighted by molar-refractivity contribution is -0.139. The highest BCUT2D eigenvalue weighted by molar-refractivity contribution is 5.94. The van der Waals surface area contributed by atoms with Crippen LogP contribution in [0.2, 0.25) is 0 Å². The summed E-state index contributed by atoms with van der Waals surface area (Å²) in [5.41, 5.74) is 1.42. The molecule has 0 unspecified atom stereocenters. The number of carboxylic acids is 1. The molecule has 5 heteroatoms. The smallest absolute Gasteiger partial charge is 0.303 e. The standard InChI is InChI=1S/C12H14N2O3/c1-8-4-10(2-3-13-8)12(17)14-6-9(7-14)5-11(15)16/h2-4,9H,5-7H2,1H3,(H,15,16). The second-order valence-electron chi connectivity index (χ2n) is 4.36. The zero-order valence-electron chi connectivity index (χ0n) is 9.59. The van der Waals surface area contributed by atoms with Gasteiger partial charge in [0.15, 0.2) is 0 Å². The molecule has 5 nitrogen and oxygen atoms in total. The minimum atomic E-state index is -0.804. The first-order valence-electron chi connectivity index (χ1n) is 5.50. The molecule has 1 amide bonds. The minimum absolute atomic E-state index is 0.0443. The van der Waals surface area contributed by atoms with Gasteiger partial charge < -0.3 is 10.0 Å². The molecule has 1 aromatic heterocycles. The first-order chi connectivity index (χ1) is 8.06. The van der Waals surface area contributed by atoms with Gasteiger partial charge in [-0.1, -0.05) is 0 Å². The Morgan fingerprint density at radius 1 is 1.53 bits per heavy atom. The maximum atomic E-state index is 12.0. The van der Waals surface area contributed by atoms with E-state index in [-0.39, 0.29) is 18.2 Å². The zero-order valence-corrected chi connectivity index (χ0v) is 9.59. The number of carbonyl (C=O) groups excluding carboxylic acids is 1. The van der Waals surface area contributed by atoms with Gasteiger partial charge in [0.1, 0.15) is 0 Å². The summed E-state index contributed by atoms with van der Waals surface area (Å²) in [4.78, 5) is 28.1. The van der Waals surface area contributed by atoms with Gasteiger partial charge in [-0.25, -0.2) is 0 Å². The number of carboxylic acid groups (broad SMARTS) is 1. The van der Waals surface area contributed by atoms with Crippen LogP contribution in [0.4, 0.5) is 0 Å². The summed E-state index contributed by atoms with van der Waals surface area (Å²) in [5, 5.41) is 8.62. The highest BCUT2D eigenvalue weighted by atomic mass is 16.4. The molecule has 1 aliphatic rings. The number of pyridine rings is 1. The number of rotatable bonds is 3. The Kier molecular flexibility index (Phi) is 3.08. The van der Waals surface area contributed by atoms with Crippen LogP contribution in [-0.2, 0) is 4.79 Å². The Labute approximate surface area is 99.1 Å². The van der Waals surface area contributed by atoms with Gasteiger partial charge in [0.2, 0.25) is 0 Å². The Morgan fingerprint density at radius 3 is 2.82 bits per heavy atom. The fourth-order valence-corrected chi connectivity index (χ4v) is 1.97. The normalized spacial score (nSPS) is 15.5. The van der Waals surface area contributed by atoms with Crippen LogP contribution in [0.3, 0.4) is 0 Å². The minimum Gasteiger partial charge on any atom is -0.481 e. The van der Waals surface area contributed by atoms with Gasteiger partial charge >= 0.3 is 5.97 Å². The molecule has 1 fully saturated rings. The van der Waals surface area contributed by atoms with Crippen LogP contribution in [0, 0.1) is 12.8 Å². The molecule has 0 atom stereocenters. The molecule has 1 aliphatic heterocycles. The lowest BCUT2D eigenvalue weighted by atomic mass is 9.95. The maximum Gasteiger partial charge on any atom is 0.303 e. The predicted octanol–water partition coefficient (Wildman–Crippen LogP) is 0.937. The molecular formula is C12H14N2O3. The summed E-state index contributed by atoms with van der Waals surface area (Å²) >= 11 is 0. The van der Waals surface area contributed by atoms with E-state index in [1.54, 1.807) is 23.2 Å². The second kappa shape index (κ2) is 4.53. The third kappa shape index (κ3) is 2.61. The van der Waals surface area contributed by atoms with Crippen molar-refractivity contribution in [1.29, 1.82) is 0 Å². The number of aromatic nitrogens is 1. The van der Waals surface area contributed by atoms with Crippen molar-refractivity contribution >= 4 is 11.9 Å². The van der Waals surface area contributed by atoms with Gasteiger partial charge in [0.25, 0.3) is 5.91 Å². The predicted molar refractivity (Wildman–Crippen MR) is 60.6 cm³/mol. The maximum absolute atomic E-state index is 12.0. The average molecular weight is 234 g/mol. The highest BCUT2D eigenvalue weighted by Crippen LogP contribution is 2.21. The zero-order chi connectivity index (χ0) is 12.4. The lowest BCUT2D eigenvalue weighted by Gasteiger charge is -2.38. The number of aliphatic carboxylic acids is 1. The lowest BCUT2D eigenvalue weighted by Crippen LogP contribution is -2.50. The SMILES string of the molecule is Cc1cc(C(=O)N2CC(CC(=O)O)C2)ccn1. The van der Waals surface area contributed by atoms with Crippen molar-refractivity contribution in [1.82, 2.24) is 9.88 Å². The number of hydrogen-bond acceptors (Lipinski definition) is 3. The molecule has 90 valence electrons. The van der Waals surface area contributed by atoms with Crippen molar-refractivity contribution in [2.75, 3.05) is 13.1 Å². The average Bonchev–Trinajstić information content (AvgIpc) is 2.21. The third-order valence-electron chi connectivity index (χ3n) is 2.85. The van der Waals surface area contributed by atoms with E-state index >= 15 is 0 Å². The summed E-state index contributed by atoms with van der Waals surface area (Å²) in [6, 6.07) is 3.42. The van der Waals surface area contributed by atoms with E-state index in [1.807, 2.05) is 6.92 Å². The molecule has 1 N–H and O–H groups in total. The van der Waals surface area contributed by atoms with E-state index < -0.39 is 5.97 Å². The summed E-state index contributed by atoms with van der Waals surface area (Å²) in [5.74, 6) is -0.752. The van der Waals surface area contributed by atoms with E-state index in [4.69, 9.17) is 5.11 Å². The fourth-order valence-electron chi connectivity index (χ4n) is 1.97. The molecule has 1 saturated heterocycles. The molecule has 1 aromatic rings. The van der Waals surface area contributed by atoms with Crippen LogP contribution in [0.25, 0.3) is 0 Å². The Hall–Kier alpha value is -1.91. The summed E-state index contributed by atoms with van der Waals surface area (Å²) in [7, 11) is 0. The van der Waals surface area contributed by atoms with Gasteiger partial charge in [0, 0.05) is 36.5 Å². The first kappa shape index (κ1) is 11.6. The first-order valence-corrected chi connectivity index (χ1v) is 5.50. The topological polar surface area (TPSA) is 70.5 Å². The van der Waals surface area contributed by atoms with Gasteiger partial charge in [-0.15, -0.1) is 0 Å². The third-order valence-corrected chi connectivity index (χ3v) is 2.85. The number of amides is 1. The van der Waals surface area contributed by atoms with Crippen LogP contribution in [0.15, 0.2) is 18.3 Å². The number of nitrogens with zero attached hydrogens (tertiary/aromatic N) is 2. The monoisotopic (exact) mass is 234 g/mol. The van der Waals surface area contributed by atoms with Crippen molar-refractivity contribution in [2.45, 2.75) is 13.3 Å². The van der Waals surface area contributed by atoms with E-state index in [0.717, 1.165) is 5.69 Å². The summed E-state index contributed by atoms with van der Waals surface area (Å²) in [6.45, 7) is 2.90. The fraction of sp³-hybridized carbons (Fsp3) is 0.417. The van der Waals surface area contributed by atoms with Crippen LogP contribution in [-0.4, -0.2) is 40.0 Å². The largest absolute Gasteiger partial charge is 0.481 e. The van der Waals surface area contributed by atoms with Crippen molar-refractivity contribution < 1.29 is 14.7 Å². The summed E-state index contributed by atoms with van der Waals surface area (Å²) < 4.78 is 0. The van der Waals surface area contributed by atoms with Gasteiger partial charge in [-0.05, 0) is 19.1 Å². The number of hydrogen-bond donors (Lipinski definition) is 1. The van der Waals surface area contributed by atoms with E-state index in [9.17, 15) is 9.59 Å². The summed E-state index contributed by atoms with van der Waals surface area (Å²) in [6.07, 6.45) is 1.75. The molecule has 0 radical (unpaired) electrons. The number of carbonyl (C=O) groups is 2. The molecule has 0 saturated carbocycles. The van der Waals surface area contributed by atoms with Crippen molar-refractivity contribution in [3.63, 3.8) is 0 Å². The van der Waals surface area contributed by atoms with Crippen molar-refractivity contribution in [3.05, 3.63) is 29.6 Å². The number of aryl methyl sites for hydroxylation is 1. The van der Waals surface area contributed by atoms with Crippen molar-refractivity contribution in [3.8, 4) is 0 Å². The van der Waals surface area contributed by atoms with Gasteiger partial charge in [0.05, 0.1) is 6.42 Å². The Balaban J connectivity index is 1.93. The molecule has 0 bridgehead atoms. The molecule has 0 spiro atoms. The quantitative estimate of drug-likeness (QED) is 0.844. The van der Waals surface area contributed by atoms with Gasteiger partial charge in [-0.3, -0.25) is 14.6 Å². The molecular weight excluding hydrogens is 220 g/mol. The van der Waals surface area contributed by atoms with E-state index in [0.29, 0.717) is 18.7 Å². The van der Waals surface area contributed by atoms with Crippen LogP contribution < -0.4 is 0 Å². The van der Waals surface area contributed by atoms with Crippen LogP contribution >= 0.6 is 0 Å². The van der Waals surface area contributed by atoms with Crippen LogP contribution in [0.5, 0.6) is 0 Å². The Morgan fingerprint density at radius 2 is 2.24 bits per heavy atom. The molecule has 0 aromatic carbocycles. The van der Waals surface area contributed by atoms with E-state index in [2.05, 4.69) is 4.98 Å². The molecule has 2 rings (SSSR count). The van der Waals surface area contributed by atoms with Gasteiger partial charge in [-0.2, -0.15) is 0 Å². The second-order valence-corrected chi connectivity index (χ2v) is 4.36. The van der Waals surface area contributed by atoms with Crippen LogP contribution in [0.1, 0.15) is 22.5 Å². The number of likely N-dealkylation sites (tertiary alicyclic amines) is 1. The molecule has 0 aliphatic carbocycles. The van der Waals surface area contributed by atoms with E-state index in [1.165, 1.54) is 0 Å². The Bertz CT molecular complexity index is 453.